The van der Waals surface area contributed by atoms with Crippen molar-refractivity contribution in [3.8, 4) is 0 Å². The smallest absolute Gasteiger partial charge is 0.127 e. The van der Waals surface area contributed by atoms with E-state index in [2.05, 4.69) is 40.1 Å². The van der Waals surface area contributed by atoms with Crippen molar-refractivity contribution in [1.29, 1.82) is 0 Å². The van der Waals surface area contributed by atoms with E-state index in [1.54, 1.807) is 0 Å². The van der Waals surface area contributed by atoms with Gasteiger partial charge in [-0.15, -0.1) is 5.10 Å². The van der Waals surface area contributed by atoms with Crippen molar-refractivity contribution in [2.24, 2.45) is 5.41 Å². The van der Waals surface area contributed by atoms with E-state index < -0.39 is 0 Å². The van der Waals surface area contributed by atoms with Crippen LogP contribution in [0.4, 0.5) is 4.39 Å². The molecule has 0 bridgehead atoms. The zero-order valence-electron chi connectivity index (χ0n) is 9.74. The van der Waals surface area contributed by atoms with Crippen LogP contribution in [0.25, 0.3) is 11.0 Å². The summed E-state index contributed by atoms with van der Waals surface area (Å²) < 4.78 is 15.9. The largest absolute Gasteiger partial charge is 0.241 e. The Hall–Kier alpha value is -0.970. The summed E-state index contributed by atoms with van der Waals surface area (Å²) in [6, 6.07) is 3.28. The second-order valence-electron chi connectivity index (χ2n) is 5.52. The number of hydrogen-bond donors (Lipinski definition) is 0. The van der Waals surface area contributed by atoms with E-state index in [0.717, 1.165) is 23.9 Å². The van der Waals surface area contributed by atoms with E-state index in [-0.39, 0.29) is 5.82 Å². The summed E-state index contributed by atoms with van der Waals surface area (Å²) in [5.41, 5.74) is 1.88. The number of benzene rings is 1. The Labute approximate surface area is 107 Å². The SMILES string of the molecule is CC1(C)CC(n2nnc3c(Br)cc(F)cc32)C1. The lowest BCUT2D eigenvalue weighted by molar-refractivity contribution is 0.0966. The molecule has 0 atom stereocenters. The first-order chi connectivity index (χ1) is 7.96. The topological polar surface area (TPSA) is 30.7 Å². The Morgan fingerprint density at radius 3 is 2.76 bits per heavy atom. The molecule has 5 heteroatoms. The average molecular weight is 298 g/mol. The number of nitrogens with zero attached hydrogens (tertiary/aromatic N) is 3. The number of halogens is 2. The second kappa shape index (κ2) is 3.51. The molecular weight excluding hydrogens is 285 g/mol. The first-order valence-electron chi connectivity index (χ1n) is 5.66. The molecule has 1 saturated carbocycles. The van der Waals surface area contributed by atoms with E-state index in [1.165, 1.54) is 12.1 Å². The van der Waals surface area contributed by atoms with Crippen molar-refractivity contribution in [2.45, 2.75) is 32.7 Å². The minimum atomic E-state index is -0.258. The van der Waals surface area contributed by atoms with Crippen molar-refractivity contribution in [3.05, 3.63) is 22.4 Å². The van der Waals surface area contributed by atoms with Gasteiger partial charge in [0.2, 0.25) is 0 Å². The zero-order chi connectivity index (χ0) is 12.2. The van der Waals surface area contributed by atoms with Crippen molar-refractivity contribution < 1.29 is 4.39 Å². The van der Waals surface area contributed by atoms with Gasteiger partial charge in [-0.2, -0.15) is 0 Å². The minimum absolute atomic E-state index is 0.258. The summed E-state index contributed by atoms with van der Waals surface area (Å²) in [6.45, 7) is 4.47. The molecule has 1 aliphatic rings. The molecular formula is C12H13BrFN3. The number of fused-ring (bicyclic) bond motifs is 1. The summed E-state index contributed by atoms with van der Waals surface area (Å²) >= 11 is 3.32. The molecule has 90 valence electrons. The van der Waals surface area contributed by atoms with Gasteiger partial charge in [0, 0.05) is 6.07 Å². The number of hydrogen-bond acceptors (Lipinski definition) is 2. The van der Waals surface area contributed by atoms with Gasteiger partial charge in [-0.25, -0.2) is 9.07 Å². The van der Waals surface area contributed by atoms with Crippen LogP contribution in [0.15, 0.2) is 16.6 Å². The summed E-state index contributed by atoms with van der Waals surface area (Å²) in [5, 5.41) is 8.26. The highest BCUT2D eigenvalue weighted by molar-refractivity contribution is 9.10. The molecule has 0 unspecified atom stereocenters. The molecule has 0 spiro atoms. The summed E-state index contributed by atoms with van der Waals surface area (Å²) in [7, 11) is 0. The Morgan fingerprint density at radius 1 is 1.41 bits per heavy atom. The maximum atomic E-state index is 13.4. The third kappa shape index (κ3) is 1.76. The van der Waals surface area contributed by atoms with Gasteiger partial charge < -0.3 is 0 Å². The Morgan fingerprint density at radius 2 is 2.12 bits per heavy atom. The Balaban J connectivity index is 2.07. The lowest BCUT2D eigenvalue weighted by Crippen LogP contribution is -2.34. The van der Waals surface area contributed by atoms with Crippen LogP contribution in [-0.2, 0) is 0 Å². The van der Waals surface area contributed by atoms with Crippen LogP contribution in [0.1, 0.15) is 32.7 Å². The lowest BCUT2D eigenvalue weighted by atomic mass is 9.68. The average Bonchev–Trinajstić information content (AvgIpc) is 2.57. The fourth-order valence-corrected chi connectivity index (χ4v) is 3.13. The predicted octanol–water partition coefficient (Wildman–Crippen LogP) is 3.69. The van der Waals surface area contributed by atoms with Crippen LogP contribution in [0.2, 0.25) is 0 Å². The zero-order valence-corrected chi connectivity index (χ0v) is 11.3. The van der Waals surface area contributed by atoms with Crippen molar-refractivity contribution in [1.82, 2.24) is 15.0 Å². The predicted molar refractivity (Wildman–Crippen MR) is 67.2 cm³/mol. The molecule has 1 fully saturated rings. The van der Waals surface area contributed by atoms with Gasteiger partial charge in [-0.3, -0.25) is 0 Å². The van der Waals surface area contributed by atoms with Crippen molar-refractivity contribution in [3.63, 3.8) is 0 Å². The van der Waals surface area contributed by atoms with Gasteiger partial charge in [-0.05, 0) is 40.3 Å². The Kier molecular flexibility index (Phi) is 2.30. The first-order valence-corrected chi connectivity index (χ1v) is 6.45. The molecule has 0 aliphatic heterocycles. The molecule has 0 saturated heterocycles. The Bertz CT molecular complexity index is 583. The number of rotatable bonds is 1. The van der Waals surface area contributed by atoms with Crippen molar-refractivity contribution >= 4 is 27.0 Å². The fourth-order valence-electron chi connectivity index (χ4n) is 2.63. The van der Waals surface area contributed by atoms with Gasteiger partial charge in [0.15, 0.2) is 0 Å². The monoisotopic (exact) mass is 297 g/mol. The van der Waals surface area contributed by atoms with Gasteiger partial charge in [0.1, 0.15) is 11.3 Å². The molecule has 1 aliphatic carbocycles. The molecule has 1 heterocycles. The van der Waals surface area contributed by atoms with Gasteiger partial charge in [0.25, 0.3) is 0 Å². The summed E-state index contributed by atoms with van der Waals surface area (Å²) in [5.74, 6) is -0.258. The van der Waals surface area contributed by atoms with E-state index in [4.69, 9.17) is 0 Å². The second-order valence-corrected chi connectivity index (χ2v) is 6.37. The van der Waals surface area contributed by atoms with Crippen LogP contribution in [0, 0.1) is 11.2 Å². The lowest BCUT2D eigenvalue weighted by Gasteiger charge is -2.42. The van der Waals surface area contributed by atoms with E-state index >= 15 is 0 Å². The molecule has 0 radical (unpaired) electrons. The summed E-state index contributed by atoms with van der Waals surface area (Å²) in [4.78, 5) is 0. The first kappa shape index (κ1) is 11.1. The highest BCUT2D eigenvalue weighted by atomic mass is 79.9. The van der Waals surface area contributed by atoms with Crippen LogP contribution >= 0.6 is 15.9 Å². The summed E-state index contributed by atoms with van der Waals surface area (Å²) in [6.07, 6.45) is 2.14. The van der Waals surface area contributed by atoms with Crippen molar-refractivity contribution in [2.75, 3.05) is 0 Å². The molecule has 1 aromatic heterocycles. The van der Waals surface area contributed by atoms with Crippen LogP contribution in [0.3, 0.4) is 0 Å². The fraction of sp³-hybridized carbons (Fsp3) is 0.500. The normalized spacial score (nSPS) is 19.5. The molecule has 3 nitrogen and oxygen atoms in total. The third-order valence-electron chi connectivity index (χ3n) is 3.42. The third-order valence-corrected chi connectivity index (χ3v) is 4.02. The van der Waals surface area contributed by atoms with Gasteiger partial charge >= 0.3 is 0 Å². The maximum Gasteiger partial charge on any atom is 0.127 e. The van der Waals surface area contributed by atoms with E-state index in [1.807, 2.05) is 4.68 Å². The van der Waals surface area contributed by atoms with Gasteiger partial charge in [-0.1, -0.05) is 19.1 Å². The molecule has 2 aromatic rings. The standard InChI is InChI=1S/C12H13BrFN3/c1-12(2)5-8(6-12)17-10-4-7(14)3-9(13)11(10)15-16-17/h3-4,8H,5-6H2,1-2H3. The van der Waals surface area contributed by atoms with Crippen LogP contribution in [0.5, 0.6) is 0 Å². The van der Waals surface area contributed by atoms with E-state index in [9.17, 15) is 4.39 Å². The molecule has 17 heavy (non-hydrogen) atoms. The van der Waals surface area contributed by atoms with E-state index in [0.29, 0.717) is 15.9 Å². The molecule has 0 amide bonds. The quantitative estimate of drug-likeness (QED) is 0.804. The minimum Gasteiger partial charge on any atom is -0.241 e. The van der Waals surface area contributed by atoms with Gasteiger partial charge in [0.05, 0.1) is 16.0 Å². The maximum absolute atomic E-state index is 13.4. The molecule has 1 aromatic carbocycles. The molecule has 3 rings (SSSR count). The highest BCUT2D eigenvalue weighted by Crippen LogP contribution is 2.48. The van der Waals surface area contributed by atoms with Crippen LogP contribution < -0.4 is 0 Å². The molecule has 0 N–H and O–H groups in total. The number of aromatic nitrogens is 3. The van der Waals surface area contributed by atoms with Crippen LogP contribution in [-0.4, -0.2) is 15.0 Å². The highest BCUT2D eigenvalue weighted by Gasteiger charge is 2.38.